The molecule has 0 spiro atoms. The number of fused-ring (bicyclic) bond motifs is 17. The van der Waals surface area contributed by atoms with Crippen LogP contribution >= 0.6 is 0 Å². The molecule has 0 N–H and O–H groups in total. The number of rotatable bonds is 4. The molecule has 0 aromatic heterocycles. The van der Waals surface area contributed by atoms with E-state index in [4.69, 9.17) is 0 Å². The molecular formula is C81H43NO2. The van der Waals surface area contributed by atoms with Gasteiger partial charge >= 0.3 is 0 Å². The van der Waals surface area contributed by atoms with Crippen molar-refractivity contribution in [1.29, 1.82) is 0 Å². The lowest BCUT2D eigenvalue weighted by atomic mass is 9.79. The van der Waals surface area contributed by atoms with Crippen LogP contribution in [0.25, 0.3) is 197 Å². The number of nitrogens with zero attached hydrogens (tertiary/aromatic N) is 1. The van der Waals surface area contributed by atoms with Crippen LogP contribution in [-0.4, -0.2) is 23.8 Å². The van der Waals surface area contributed by atoms with E-state index in [-0.39, 0.29) is 11.8 Å². The highest BCUT2D eigenvalue weighted by molar-refractivity contribution is 6.47. The SMILES string of the molecule is CN1C(=O)c2c(c(-c3ccccc3)c3c(c2-c2ccccc2)-c2ccc4c5ccc6c7ccc8c9c(ccc(c%10ccc(c%11ccc-3c2c4%11)c5c6%10)c97)-c2c-8c(-c3ccccc3)c3c4ccccc4c4ccccc4c3c2-c2ccccc2)C1=O. The van der Waals surface area contributed by atoms with Crippen molar-refractivity contribution in [2.75, 3.05) is 7.05 Å². The Balaban J connectivity index is 0.892. The fourth-order valence-electron chi connectivity index (χ4n) is 16.5. The number of benzene rings is 17. The molecule has 84 heavy (non-hydrogen) atoms. The third-order valence-corrected chi connectivity index (χ3v) is 19.7. The maximum atomic E-state index is 14.6. The maximum Gasteiger partial charge on any atom is 0.261 e. The van der Waals surface area contributed by atoms with Crippen molar-refractivity contribution < 1.29 is 9.59 Å². The Morgan fingerprint density at radius 1 is 0.190 bits per heavy atom. The fourth-order valence-corrected chi connectivity index (χ4v) is 16.5. The second kappa shape index (κ2) is 15.7. The number of carbonyl (C=O) groups excluding carboxylic acids is 2. The van der Waals surface area contributed by atoms with Gasteiger partial charge in [0.15, 0.2) is 0 Å². The van der Waals surface area contributed by atoms with Crippen molar-refractivity contribution in [2.24, 2.45) is 0 Å². The average Bonchev–Trinajstić information content (AvgIpc) is 1.47. The summed E-state index contributed by atoms with van der Waals surface area (Å²) in [6.45, 7) is 0. The Morgan fingerprint density at radius 3 is 0.726 bits per heavy atom. The zero-order chi connectivity index (χ0) is 55.0. The summed E-state index contributed by atoms with van der Waals surface area (Å²) in [7, 11) is 1.61. The summed E-state index contributed by atoms with van der Waals surface area (Å²) in [6, 6.07) is 89.3. The number of amides is 2. The molecule has 3 heteroatoms. The molecule has 3 aliphatic rings. The molecule has 384 valence electrons. The van der Waals surface area contributed by atoms with Crippen molar-refractivity contribution in [2.45, 2.75) is 0 Å². The molecule has 17 aromatic carbocycles. The summed E-state index contributed by atoms with van der Waals surface area (Å²) in [5, 5.41) is 25.0. The lowest BCUT2D eigenvalue weighted by molar-refractivity contribution is 0.0693. The van der Waals surface area contributed by atoms with Crippen LogP contribution in [0.3, 0.4) is 0 Å². The van der Waals surface area contributed by atoms with E-state index >= 15 is 0 Å². The van der Waals surface area contributed by atoms with Crippen molar-refractivity contribution in [1.82, 2.24) is 4.90 Å². The van der Waals surface area contributed by atoms with Gasteiger partial charge in [0.25, 0.3) is 11.8 Å². The van der Waals surface area contributed by atoms with Crippen LogP contribution in [0.2, 0.25) is 0 Å². The fraction of sp³-hybridized carbons (Fsp3) is 0.0123. The molecule has 0 atom stereocenters. The third kappa shape index (κ3) is 5.27. The topological polar surface area (TPSA) is 37.4 Å². The standard InChI is InChI=1S/C81H43NO2/c1-82-80(83)78-64(44-22-10-4-11-23-44)76-60-40-36-56-52-32-30-50-54-34-38-58-70-59(75-63(43-20-8-3-9-21-43)73-49-29-17-15-27-47(49)46-26-14-16-28-48(46)72(73)62(74(58)75)42-18-6-2-7-19-42)39-35-55(68(54)70)51-31-33-53(67(52)66(50)51)57-37-41-61(71(60)69(56)57)77(76)65(79(78)81(82)84)45-24-12-5-13-25-45/h2-41H,1H3. The first-order chi connectivity index (χ1) is 41.5. The quantitative estimate of drug-likeness (QED) is 0.100. The second-order valence-electron chi connectivity index (χ2n) is 23.4. The van der Waals surface area contributed by atoms with Crippen LogP contribution in [0.15, 0.2) is 243 Å². The minimum Gasteiger partial charge on any atom is -0.277 e. The van der Waals surface area contributed by atoms with Gasteiger partial charge in [-0.2, -0.15) is 0 Å². The molecule has 0 radical (unpaired) electrons. The van der Waals surface area contributed by atoms with E-state index in [9.17, 15) is 9.59 Å². The van der Waals surface area contributed by atoms with Crippen molar-refractivity contribution >= 4 is 120 Å². The van der Waals surface area contributed by atoms with Crippen LogP contribution in [-0.2, 0) is 0 Å². The summed E-state index contributed by atoms with van der Waals surface area (Å²) >= 11 is 0. The molecule has 2 aliphatic carbocycles. The van der Waals surface area contributed by atoms with Crippen LogP contribution < -0.4 is 0 Å². The minimum atomic E-state index is -0.270. The molecule has 3 nitrogen and oxygen atoms in total. The van der Waals surface area contributed by atoms with Gasteiger partial charge in [0.2, 0.25) is 0 Å². The molecule has 0 saturated carbocycles. The average molecular weight is 1060 g/mol. The van der Waals surface area contributed by atoms with Gasteiger partial charge < -0.3 is 0 Å². The Hall–Kier alpha value is -11.0. The zero-order valence-corrected chi connectivity index (χ0v) is 45.4. The lowest BCUT2D eigenvalue weighted by Gasteiger charge is -2.23. The van der Waals surface area contributed by atoms with Crippen LogP contribution in [0, 0.1) is 0 Å². The van der Waals surface area contributed by atoms with Gasteiger partial charge in [-0.3, -0.25) is 14.5 Å². The lowest BCUT2D eigenvalue weighted by Crippen LogP contribution is -2.24. The summed E-state index contributed by atoms with van der Waals surface area (Å²) in [6.07, 6.45) is 0. The van der Waals surface area contributed by atoms with Gasteiger partial charge in [0.05, 0.1) is 11.1 Å². The number of hydrogen-bond acceptors (Lipinski definition) is 2. The monoisotopic (exact) mass is 1060 g/mol. The zero-order valence-electron chi connectivity index (χ0n) is 45.4. The Morgan fingerprint density at radius 2 is 0.417 bits per heavy atom. The largest absolute Gasteiger partial charge is 0.277 e. The molecule has 20 rings (SSSR count). The molecule has 0 bridgehead atoms. The molecule has 17 aromatic rings. The highest BCUT2D eigenvalue weighted by Gasteiger charge is 2.44. The summed E-state index contributed by atoms with van der Waals surface area (Å²) in [4.78, 5) is 30.5. The van der Waals surface area contributed by atoms with Gasteiger partial charge in [-0.05, 0) is 186 Å². The van der Waals surface area contributed by atoms with E-state index in [1.165, 1.54) is 152 Å². The van der Waals surface area contributed by atoms with Crippen molar-refractivity contribution in [3.63, 3.8) is 0 Å². The third-order valence-electron chi connectivity index (χ3n) is 19.7. The van der Waals surface area contributed by atoms with Crippen LogP contribution in [0.1, 0.15) is 20.7 Å². The highest BCUT2D eigenvalue weighted by atomic mass is 16.2. The first-order valence-electron chi connectivity index (χ1n) is 29.1. The molecule has 0 unspecified atom stereocenters. The molecular weight excluding hydrogens is 1020 g/mol. The van der Waals surface area contributed by atoms with E-state index in [2.05, 4.69) is 206 Å². The Kier molecular flexibility index (Phi) is 8.36. The number of hydrogen-bond donors (Lipinski definition) is 0. The number of imide groups is 1. The number of carbonyl (C=O) groups is 2. The molecule has 2 amide bonds. The van der Waals surface area contributed by atoms with E-state index in [0.29, 0.717) is 11.1 Å². The predicted octanol–water partition coefficient (Wildman–Crippen LogP) is 21.3. The normalized spacial score (nSPS) is 13.3. The minimum absolute atomic E-state index is 0.270. The van der Waals surface area contributed by atoms with Gasteiger partial charge in [-0.15, -0.1) is 0 Å². The van der Waals surface area contributed by atoms with Gasteiger partial charge in [-0.1, -0.05) is 243 Å². The Labute approximate surface area is 481 Å². The second-order valence-corrected chi connectivity index (χ2v) is 23.4. The van der Waals surface area contributed by atoms with E-state index in [1.54, 1.807) is 7.05 Å². The van der Waals surface area contributed by atoms with E-state index < -0.39 is 0 Å². The van der Waals surface area contributed by atoms with Gasteiger partial charge in [-0.25, -0.2) is 0 Å². The predicted molar refractivity (Wildman–Crippen MR) is 351 cm³/mol. The van der Waals surface area contributed by atoms with Gasteiger partial charge in [0.1, 0.15) is 0 Å². The van der Waals surface area contributed by atoms with Crippen molar-refractivity contribution in [3.8, 4) is 89.0 Å². The highest BCUT2D eigenvalue weighted by Crippen LogP contribution is 2.64. The smallest absolute Gasteiger partial charge is 0.261 e. The summed E-state index contributed by atoms with van der Waals surface area (Å²) in [5.74, 6) is -0.539. The Bertz CT molecular complexity index is 5570. The molecule has 0 saturated heterocycles. The molecule has 1 aliphatic heterocycles. The molecule has 0 fully saturated rings. The van der Waals surface area contributed by atoms with Crippen LogP contribution in [0.5, 0.6) is 0 Å². The molecule has 1 heterocycles. The van der Waals surface area contributed by atoms with Crippen molar-refractivity contribution in [3.05, 3.63) is 254 Å². The van der Waals surface area contributed by atoms with Crippen LogP contribution in [0.4, 0.5) is 0 Å². The van der Waals surface area contributed by atoms with Gasteiger partial charge in [0, 0.05) is 18.2 Å². The van der Waals surface area contributed by atoms with E-state index in [0.717, 1.165) is 49.9 Å². The van der Waals surface area contributed by atoms with E-state index in [1.807, 2.05) is 36.4 Å². The first kappa shape index (κ1) is 44.7. The summed E-state index contributed by atoms with van der Waals surface area (Å²) < 4.78 is 0. The first-order valence-corrected chi connectivity index (χ1v) is 29.1. The summed E-state index contributed by atoms with van der Waals surface area (Å²) in [5.41, 5.74) is 18.8. The maximum absolute atomic E-state index is 14.6.